The van der Waals surface area contributed by atoms with E-state index in [0.29, 0.717) is 48.8 Å². The Morgan fingerprint density at radius 2 is 1.83 bits per heavy atom. The second-order valence-electron chi connectivity index (χ2n) is 17.7. The normalized spacial score (nSPS) is 31.3. The summed E-state index contributed by atoms with van der Waals surface area (Å²) in [7, 11) is -2.28. The van der Waals surface area contributed by atoms with Crippen LogP contribution in [0.15, 0.2) is 30.9 Å². The van der Waals surface area contributed by atoms with Gasteiger partial charge in [0.1, 0.15) is 41.3 Å². The zero-order valence-electron chi connectivity index (χ0n) is 34.3. The SMILES string of the molecule is C=C[C@H]1C[C@@]1(NC(=O)[C@@H]1C[C@@H]2CN1C(=O)[C@H](C1CCCC1)NC(=O)O[C@@H]1CCC[C@]1(C)CCCc1cc3c(cc(OCC)nc3cc1OC)O2)C(=O)NS(=O)(=O)C1CC1. The number of pyridine rings is 1. The van der Waals surface area contributed by atoms with Crippen LogP contribution >= 0.6 is 0 Å². The molecule has 2 aliphatic heterocycles. The molecule has 0 unspecified atom stereocenters. The molecular formula is C43H57N5O10S. The summed E-state index contributed by atoms with van der Waals surface area (Å²) in [6.07, 6.45) is 9.06. The van der Waals surface area contributed by atoms with Gasteiger partial charge < -0.3 is 34.5 Å². The maximum atomic E-state index is 15.0. The zero-order chi connectivity index (χ0) is 41.7. The predicted octanol–water partition coefficient (Wildman–Crippen LogP) is 4.84. The van der Waals surface area contributed by atoms with E-state index < -0.39 is 68.7 Å². The third kappa shape index (κ3) is 8.17. The average molecular weight is 836 g/mol. The summed E-state index contributed by atoms with van der Waals surface area (Å²) in [5.41, 5.74) is -0.258. The van der Waals surface area contributed by atoms with Gasteiger partial charge in [0.25, 0.3) is 5.91 Å². The van der Waals surface area contributed by atoms with E-state index in [1.54, 1.807) is 13.2 Å². The van der Waals surface area contributed by atoms with Crippen molar-refractivity contribution >= 4 is 44.7 Å². The molecule has 0 spiro atoms. The second-order valence-corrected chi connectivity index (χ2v) is 19.7. The summed E-state index contributed by atoms with van der Waals surface area (Å²) in [5.74, 6) is -1.11. The molecule has 1 aromatic heterocycles. The molecule has 7 atom stereocenters. The molecule has 4 bridgehead atoms. The largest absolute Gasteiger partial charge is 0.496 e. The molecule has 4 aliphatic carbocycles. The molecule has 3 heterocycles. The number of carbonyl (C=O) groups is 4. The van der Waals surface area contributed by atoms with Gasteiger partial charge in [0.15, 0.2) is 0 Å². The average Bonchev–Trinajstić information content (AvgIpc) is 4.02. The Kier molecular flexibility index (Phi) is 11.2. The Bertz CT molecular complexity index is 2120. The molecule has 4 amide bonds. The van der Waals surface area contributed by atoms with E-state index in [0.717, 1.165) is 68.7 Å². The van der Waals surface area contributed by atoms with Gasteiger partial charge in [-0.3, -0.25) is 19.1 Å². The van der Waals surface area contributed by atoms with Gasteiger partial charge in [0, 0.05) is 35.3 Å². The first-order chi connectivity index (χ1) is 28.3. The number of rotatable bonds is 10. The van der Waals surface area contributed by atoms with Crippen molar-refractivity contribution in [1.29, 1.82) is 0 Å². The van der Waals surface area contributed by atoms with Crippen LogP contribution in [0.1, 0.15) is 103 Å². The number of aromatic nitrogens is 1. The van der Waals surface area contributed by atoms with E-state index in [2.05, 4.69) is 28.9 Å². The topological polar surface area (TPSA) is 192 Å². The number of sulfonamides is 1. The van der Waals surface area contributed by atoms with Crippen LogP contribution in [0.5, 0.6) is 17.4 Å². The quantitative estimate of drug-likeness (QED) is 0.278. The molecule has 59 heavy (non-hydrogen) atoms. The minimum absolute atomic E-state index is 0.00545. The van der Waals surface area contributed by atoms with E-state index in [-0.39, 0.29) is 36.8 Å². The minimum atomic E-state index is -3.91. The fourth-order valence-corrected chi connectivity index (χ4v) is 11.4. The Balaban J connectivity index is 1.17. The van der Waals surface area contributed by atoms with Gasteiger partial charge in [-0.25, -0.2) is 18.2 Å². The molecular weight excluding hydrogens is 779 g/mol. The Morgan fingerprint density at radius 3 is 2.53 bits per heavy atom. The first-order valence-corrected chi connectivity index (χ1v) is 22.9. The van der Waals surface area contributed by atoms with Gasteiger partial charge in [0.05, 0.1) is 31.0 Å². The number of fused-ring (bicyclic) bond motifs is 4. The van der Waals surface area contributed by atoms with Crippen LogP contribution in [-0.4, -0.2) is 97.5 Å². The lowest BCUT2D eigenvalue weighted by molar-refractivity contribution is -0.142. The molecule has 15 nitrogen and oxygen atoms in total. The van der Waals surface area contributed by atoms with Gasteiger partial charge in [-0.15, -0.1) is 6.58 Å². The van der Waals surface area contributed by atoms with E-state index in [4.69, 9.17) is 23.9 Å². The van der Waals surface area contributed by atoms with Crippen LogP contribution in [-0.2, 0) is 35.6 Å². The van der Waals surface area contributed by atoms with Gasteiger partial charge >= 0.3 is 6.09 Å². The zero-order valence-corrected chi connectivity index (χ0v) is 35.1. The van der Waals surface area contributed by atoms with Crippen LogP contribution < -0.4 is 29.6 Å². The number of amides is 4. The summed E-state index contributed by atoms with van der Waals surface area (Å²) in [6, 6.07) is 3.53. The molecule has 8 rings (SSSR count). The molecule has 2 aromatic rings. The van der Waals surface area contributed by atoms with Crippen molar-refractivity contribution in [2.45, 2.75) is 139 Å². The third-order valence-electron chi connectivity index (χ3n) is 13.7. The van der Waals surface area contributed by atoms with Crippen LogP contribution in [0.25, 0.3) is 10.9 Å². The number of hydrogen-bond acceptors (Lipinski definition) is 11. The lowest BCUT2D eigenvalue weighted by Crippen LogP contribution is -2.59. The van der Waals surface area contributed by atoms with Crippen molar-refractivity contribution < 1.29 is 46.5 Å². The van der Waals surface area contributed by atoms with Crippen molar-refractivity contribution in [2.24, 2.45) is 17.3 Å². The fourth-order valence-electron chi connectivity index (χ4n) is 10.0. The Morgan fingerprint density at radius 1 is 1.07 bits per heavy atom. The van der Waals surface area contributed by atoms with Gasteiger partial charge in [-0.05, 0) is 95.1 Å². The maximum absolute atomic E-state index is 15.0. The third-order valence-corrected chi connectivity index (χ3v) is 15.5. The van der Waals surface area contributed by atoms with Gasteiger partial charge in [-0.2, -0.15) is 0 Å². The summed E-state index contributed by atoms with van der Waals surface area (Å²) >= 11 is 0. The highest BCUT2D eigenvalue weighted by atomic mass is 32.2. The molecule has 16 heteroatoms. The predicted molar refractivity (Wildman–Crippen MR) is 217 cm³/mol. The Labute approximate surface area is 345 Å². The van der Waals surface area contributed by atoms with Crippen LogP contribution in [0, 0.1) is 17.3 Å². The monoisotopic (exact) mass is 835 g/mol. The molecule has 0 radical (unpaired) electrons. The van der Waals surface area contributed by atoms with Crippen LogP contribution in [0.3, 0.4) is 0 Å². The number of hydrogen-bond donors (Lipinski definition) is 3. The highest BCUT2D eigenvalue weighted by Gasteiger charge is 2.62. The standard InChI is InChI=1S/C43H57N5O10S/c1-5-27-23-43(27,40(51)47-59(53,54)29-15-16-29)46-38(49)32-20-28-24-48(32)39(50)37(25-11-7-8-12-25)45-41(52)58-35-14-10-18-42(35,3)17-9-13-26-19-30-31(21-33(26)55-4)44-36(56-6-2)22-34(30)57-28/h5,19,21-22,25,27-29,32,35,37H,1,6-18,20,23-24H2,2-4H3,(H,45,52)(H,46,49)(H,47,51)/t27-,28+,32-,35+,37-,42-,43-/m0/s1. The fraction of sp³-hybridized carbons (Fsp3) is 0.651. The number of ether oxygens (including phenoxy) is 4. The molecule has 320 valence electrons. The van der Waals surface area contributed by atoms with Crippen molar-refractivity contribution in [3.05, 3.63) is 36.4 Å². The number of alkyl carbamates (subject to hydrolysis) is 1. The summed E-state index contributed by atoms with van der Waals surface area (Å²) < 4.78 is 52.5. The van der Waals surface area contributed by atoms with E-state index in [9.17, 15) is 27.6 Å². The number of nitrogens with zero attached hydrogens (tertiary/aromatic N) is 2. The number of benzene rings is 1. The van der Waals surface area contributed by atoms with Crippen LogP contribution in [0.4, 0.5) is 4.79 Å². The maximum Gasteiger partial charge on any atom is 0.408 e. The van der Waals surface area contributed by atoms with Gasteiger partial charge in [-0.1, -0.05) is 25.8 Å². The summed E-state index contributed by atoms with van der Waals surface area (Å²) in [6.45, 7) is 8.21. The van der Waals surface area contributed by atoms with Gasteiger partial charge in [0.2, 0.25) is 27.7 Å². The minimum Gasteiger partial charge on any atom is -0.496 e. The Hall–Kier alpha value is -4.60. The van der Waals surface area contributed by atoms with E-state index in [1.807, 2.05) is 19.1 Å². The number of aryl methyl sites for hydroxylation is 1. The van der Waals surface area contributed by atoms with E-state index >= 15 is 0 Å². The van der Waals surface area contributed by atoms with Crippen LogP contribution in [0.2, 0.25) is 0 Å². The lowest BCUT2D eigenvalue weighted by atomic mass is 9.81. The molecule has 5 fully saturated rings. The van der Waals surface area contributed by atoms with Crippen molar-refractivity contribution in [1.82, 2.24) is 25.2 Å². The number of carbonyl (C=O) groups excluding carboxylic acids is 4. The highest BCUT2D eigenvalue weighted by Crippen LogP contribution is 2.47. The molecule has 4 saturated carbocycles. The lowest BCUT2D eigenvalue weighted by Gasteiger charge is -2.34. The van der Waals surface area contributed by atoms with Crippen molar-refractivity contribution in [2.75, 3.05) is 20.3 Å². The molecule has 6 aliphatic rings. The van der Waals surface area contributed by atoms with Crippen molar-refractivity contribution in [3.8, 4) is 17.4 Å². The first kappa shape index (κ1) is 41.1. The number of methoxy groups -OCH3 is 1. The number of nitrogens with one attached hydrogen (secondary N) is 3. The highest BCUT2D eigenvalue weighted by molar-refractivity contribution is 7.91. The molecule has 1 aromatic carbocycles. The van der Waals surface area contributed by atoms with Crippen molar-refractivity contribution in [3.63, 3.8) is 0 Å². The summed E-state index contributed by atoms with van der Waals surface area (Å²) in [4.78, 5) is 63.3. The first-order valence-electron chi connectivity index (χ1n) is 21.4. The smallest absolute Gasteiger partial charge is 0.408 e. The second kappa shape index (κ2) is 16.1. The molecule has 1 saturated heterocycles. The summed E-state index contributed by atoms with van der Waals surface area (Å²) in [5, 5.41) is 5.92. The molecule has 3 N–H and O–H groups in total. The van der Waals surface area contributed by atoms with E-state index in [1.165, 1.54) is 11.0 Å².